The van der Waals surface area contributed by atoms with Crippen molar-refractivity contribution in [3.05, 3.63) is 65.7 Å². The van der Waals surface area contributed by atoms with E-state index in [0.29, 0.717) is 33.8 Å². The van der Waals surface area contributed by atoms with Crippen LogP contribution in [0.5, 0.6) is 5.75 Å². The Labute approximate surface area is 187 Å². The molecule has 10 heteroatoms. The van der Waals surface area contributed by atoms with E-state index < -0.39 is 6.61 Å². The first-order valence-electron chi connectivity index (χ1n) is 9.15. The monoisotopic (exact) mass is 464 g/mol. The van der Waals surface area contributed by atoms with Crippen molar-refractivity contribution in [2.75, 3.05) is 11.1 Å². The Morgan fingerprint density at radius 3 is 2.71 bits per heavy atom. The molecule has 162 valence electrons. The molecule has 2 aromatic carbocycles. The molecule has 0 saturated heterocycles. The highest BCUT2D eigenvalue weighted by molar-refractivity contribution is 7.99. The largest absolute Gasteiger partial charge is 0.435 e. The Hall–Kier alpha value is -2.91. The lowest BCUT2D eigenvalue weighted by molar-refractivity contribution is -0.113. The predicted octanol–water partition coefficient (Wildman–Crippen LogP) is 5.43. The number of aryl methyl sites for hydroxylation is 1. The summed E-state index contributed by atoms with van der Waals surface area (Å²) in [5.41, 5.74) is 2.22. The van der Waals surface area contributed by atoms with E-state index in [1.807, 2.05) is 13.0 Å². The molecular formula is C21H19ClF2N4O2S. The summed E-state index contributed by atoms with van der Waals surface area (Å²) in [7, 11) is 0. The summed E-state index contributed by atoms with van der Waals surface area (Å²) in [6.07, 6.45) is 1.68. The van der Waals surface area contributed by atoms with Gasteiger partial charge in [-0.05, 0) is 48.9 Å². The van der Waals surface area contributed by atoms with Crippen molar-refractivity contribution in [3.8, 4) is 17.1 Å². The number of anilines is 1. The average molecular weight is 465 g/mol. The number of ether oxygens (including phenoxy) is 1. The van der Waals surface area contributed by atoms with E-state index >= 15 is 0 Å². The first-order valence-corrected chi connectivity index (χ1v) is 10.5. The van der Waals surface area contributed by atoms with Crippen LogP contribution in [0.2, 0.25) is 5.02 Å². The highest BCUT2D eigenvalue weighted by Crippen LogP contribution is 2.27. The Morgan fingerprint density at radius 1 is 1.29 bits per heavy atom. The van der Waals surface area contributed by atoms with E-state index in [9.17, 15) is 13.6 Å². The minimum Gasteiger partial charge on any atom is -0.435 e. The number of nitrogens with zero attached hydrogens (tertiary/aromatic N) is 3. The number of rotatable bonds is 9. The van der Waals surface area contributed by atoms with Crippen LogP contribution >= 0.6 is 23.4 Å². The van der Waals surface area contributed by atoms with Crippen molar-refractivity contribution >= 4 is 35.0 Å². The zero-order valence-corrected chi connectivity index (χ0v) is 18.1. The summed E-state index contributed by atoms with van der Waals surface area (Å²) < 4.78 is 30.8. The highest BCUT2D eigenvalue weighted by Gasteiger charge is 2.16. The number of carbonyl (C=O) groups is 1. The Balaban J connectivity index is 1.72. The molecule has 0 atom stereocenters. The van der Waals surface area contributed by atoms with Crippen LogP contribution in [0.25, 0.3) is 11.4 Å². The van der Waals surface area contributed by atoms with Crippen molar-refractivity contribution in [3.63, 3.8) is 0 Å². The van der Waals surface area contributed by atoms with E-state index in [0.717, 1.165) is 5.56 Å². The Bertz CT molecular complexity index is 1070. The molecule has 0 spiro atoms. The summed E-state index contributed by atoms with van der Waals surface area (Å²) in [6.45, 7) is 3.15. The number of halogens is 3. The van der Waals surface area contributed by atoms with Gasteiger partial charge in [-0.15, -0.1) is 16.8 Å². The normalized spacial score (nSPS) is 10.9. The van der Waals surface area contributed by atoms with Crippen LogP contribution < -0.4 is 10.1 Å². The smallest absolute Gasteiger partial charge is 0.387 e. The fourth-order valence-electron chi connectivity index (χ4n) is 2.73. The van der Waals surface area contributed by atoms with Gasteiger partial charge in [0.25, 0.3) is 0 Å². The summed E-state index contributed by atoms with van der Waals surface area (Å²) >= 11 is 7.22. The van der Waals surface area contributed by atoms with Gasteiger partial charge in [0.1, 0.15) is 5.75 Å². The number of nitrogens with one attached hydrogen (secondary N) is 1. The molecule has 1 N–H and O–H groups in total. The second-order valence-electron chi connectivity index (χ2n) is 6.40. The van der Waals surface area contributed by atoms with Crippen LogP contribution in [0.1, 0.15) is 5.56 Å². The van der Waals surface area contributed by atoms with Crippen molar-refractivity contribution in [2.24, 2.45) is 0 Å². The fraction of sp³-hybridized carbons (Fsp3) is 0.190. The van der Waals surface area contributed by atoms with E-state index in [2.05, 4.69) is 26.8 Å². The lowest BCUT2D eigenvalue weighted by Crippen LogP contribution is -2.15. The number of alkyl halides is 2. The van der Waals surface area contributed by atoms with Crippen LogP contribution in [0, 0.1) is 6.92 Å². The minimum atomic E-state index is -2.89. The second kappa shape index (κ2) is 10.4. The van der Waals surface area contributed by atoms with Gasteiger partial charge < -0.3 is 10.1 Å². The van der Waals surface area contributed by atoms with Crippen LogP contribution in [-0.4, -0.2) is 33.0 Å². The maximum atomic E-state index is 12.4. The lowest BCUT2D eigenvalue weighted by atomic mass is 10.2. The Morgan fingerprint density at radius 2 is 2.03 bits per heavy atom. The molecular weight excluding hydrogens is 446 g/mol. The summed E-state index contributed by atoms with van der Waals surface area (Å²) in [4.78, 5) is 12.4. The van der Waals surface area contributed by atoms with Crippen LogP contribution in [0.3, 0.4) is 0 Å². The molecule has 0 aliphatic carbocycles. The number of amides is 1. The molecule has 0 aliphatic rings. The summed E-state index contributed by atoms with van der Waals surface area (Å²) in [5.74, 6) is 0.481. The SMILES string of the molecule is C=CCn1c(SCC(=O)Nc2cc(Cl)ccc2C)nnc1-c1ccc(OC(F)F)cc1. The third-order valence-corrected chi connectivity index (χ3v) is 5.37. The molecule has 3 rings (SSSR count). The van der Waals surface area contributed by atoms with Crippen LogP contribution in [-0.2, 0) is 11.3 Å². The van der Waals surface area contributed by atoms with Crippen molar-refractivity contribution in [1.29, 1.82) is 0 Å². The van der Waals surface area contributed by atoms with Gasteiger partial charge >= 0.3 is 6.61 Å². The third kappa shape index (κ3) is 6.05. The molecule has 0 bridgehead atoms. The average Bonchev–Trinajstić information content (AvgIpc) is 3.12. The maximum Gasteiger partial charge on any atom is 0.387 e. The van der Waals surface area contributed by atoms with E-state index in [1.165, 1.54) is 23.9 Å². The first kappa shape index (κ1) is 22.8. The molecule has 1 heterocycles. The molecule has 0 fully saturated rings. The zero-order chi connectivity index (χ0) is 22.4. The molecule has 0 saturated carbocycles. The molecule has 0 radical (unpaired) electrons. The third-order valence-electron chi connectivity index (χ3n) is 4.17. The molecule has 0 unspecified atom stereocenters. The number of aromatic nitrogens is 3. The van der Waals surface area contributed by atoms with Crippen molar-refractivity contribution < 1.29 is 18.3 Å². The van der Waals surface area contributed by atoms with Crippen molar-refractivity contribution in [2.45, 2.75) is 25.2 Å². The van der Waals surface area contributed by atoms with Gasteiger partial charge in [0.05, 0.1) is 5.75 Å². The quantitative estimate of drug-likeness (QED) is 0.338. The molecule has 1 aromatic heterocycles. The van der Waals surface area contributed by atoms with Gasteiger partial charge in [-0.2, -0.15) is 8.78 Å². The molecule has 1 amide bonds. The molecule has 3 aromatic rings. The number of hydrogen-bond acceptors (Lipinski definition) is 5. The number of allylic oxidation sites excluding steroid dienone is 1. The van der Waals surface area contributed by atoms with Gasteiger partial charge in [-0.25, -0.2) is 0 Å². The van der Waals surface area contributed by atoms with Gasteiger partial charge in [0, 0.05) is 22.8 Å². The van der Waals surface area contributed by atoms with Crippen molar-refractivity contribution in [1.82, 2.24) is 14.8 Å². The molecule has 31 heavy (non-hydrogen) atoms. The van der Waals surface area contributed by atoms with Gasteiger partial charge in [-0.3, -0.25) is 9.36 Å². The highest BCUT2D eigenvalue weighted by atomic mass is 35.5. The summed E-state index contributed by atoms with van der Waals surface area (Å²) in [5, 5.41) is 12.3. The van der Waals surface area contributed by atoms with E-state index in [1.54, 1.807) is 34.9 Å². The Kier molecular flexibility index (Phi) is 7.64. The number of thioether (sulfide) groups is 1. The standard InChI is InChI=1S/C21H19ClF2N4O2S/c1-3-10-28-19(14-5-8-16(9-6-14)30-20(23)24)26-27-21(28)31-12-18(29)25-17-11-15(22)7-4-13(17)2/h3-9,11,20H,1,10,12H2,2H3,(H,25,29). The first-order chi connectivity index (χ1) is 14.9. The van der Waals surface area contributed by atoms with Crippen LogP contribution in [0.15, 0.2) is 60.3 Å². The maximum absolute atomic E-state index is 12.4. The number of hydrogen-bond donors (Lipinski definition) is 1. The van der Waals surface area contributed by atoms with Gasteiger partial charge in [-0.1, -0.05) is 35.5 Å². The van der Waals surface area contributed by atoms with E-state index in [4.69, 9.17) is 11.6 Å². The number of benzene rings is 2. The minimum absolute atomic E-state index is 0.0520. The van der Waals surface area contributed by atoms with Gasteiger partial charge in [0.2, 0.25) is 5.91 Å². The predicted molar refractivity (Wildman–Crippen MR) is 118 cm³/mol. The van der Waals surface area contributed by atoms with Crippen LogP contribution in [0.4, 0.5) is 14.5 Å². The topological polar surface area (TPSA) is 69.0 Å². The van der Waals surface area contributed by atoms with Gasteiger partial charge in [0.15, 0.2) is 11.0 Å². The van der Waals surface area contributed by atoms with E-state index in [-0.39, 0.29) is 17.4 Å². The fourth-order valence-corrected chi connectivity index (χ4v) is 3.65. The molecule has 6 nitrogen and oxygen atoms in total. The summed E-state index contributed by atoms with van der Waals surface area (Å²) in [6, 6.07) is 11.4. The second-order valence-corrected chi connectivity index (χ2v) is 7.78. The number of carbonyl (C=O) groups excluding carboxylic acids is 1. The zero-order valence-electron chi connectivity index (χ0n) is 16.5. The molecule has 0 aliphatic heterocycles. The lowest BCUT2D eigenvalue weighted by Gasteiger charge is -2.10.